The maximum Gasteiger partial charge on any atom is 0.212 e. The lowest BCUT2D eigenvalue weighted by Gasteiger charge is -2.05. The number of nitrogens with zero attached hydrogens (tertiary/aromatic N) is 2. The summed E-state index contributed by atoms with van der Waals surface area (Å²) in [5.74, 6) is 0. The van der Waals surface area contributed by atoms with Gasteiger partial charge in [0.25, 0.3) is 0 Å². The van der Waals surface area contributed by atoms with E-state index in [4.69, 9.17) is 4.42 Å². The molecule has 0 atom stereocenters. The number of furan rings is 1. The van der Waals surface area contributed by atoms with Crippen molar-refractivity contribution in [2.24, 2.45) is 7.05 Å². The van der Waals surface area contributed by atoms with Crippen LogP contribution in [0.4, 0.5) is 0 Å². The number of hydrogen-bond acceptors (Lipinski definition) is 2. The minimum absolute atomic E-state index is 0.868. The highest BCUT2D eigenvalue weighted by Gasteiger charge is 2.19. The van der Waals surface area contributed by atoms with Crippen LogP contribution in [0.25, 0.3) is 44.1 Å². The third kappa shape index (κ3) is 2.07. The Morgan fingerprint density at radius 3 is 2.65 bits per heavy atom. The molecule has 0 spiro atoms. The summed E-state index contributed by atoms with van der Waals surface area (Å²) in [6.45, 7) is 4.25. The first kappa shape index (κ1) is 15.1. The first-order chi connectivity index (χ1) is 12.6. The first-order valence-corrected chi connectivity index (χ1v) is 8.80. The van der Waals surface area contributed by atoms with Crippen LogP contribution >= 0.6 is 0 Å². The van der Waals surface area contributed by atoms with E-state index in [9.17, 15) is 0 Å². The van der Waals surface area contributed by atoms with Gasteiger partial charge in [-0.3, -0.25) is 4.98 Å². The molecule has 26 heavy (non-hydrogen) atoms. The van der Waals surface area contributed by atoms with Crippen molar-refractivity contribution in [1.82, 2.24) is 4.98 Å². The summed E-state index contributed by atoms with van der Waals surface area (Å²) in [7, 11) is 2.08. The van der Waals surface area contributed by atoms with Crippen molar-refractivity contribution in [2.75, 3.05) is 0 Å². The zero-order valence-electron chi connectivity index (χ0n) is 15.1. The van der Waals surface area contributed by atoms with E-state index in [-0.39, 0.29) is 0 Å². The molecule has 3 heterocycles. The fourth-order valence-corrected chi connectivity index (χ4v) is 3.76. The number of pyridine rings is 2. The minimum Gasteiger partial charge on any atom is -0.453 e. The minimum atomic E-state index is 0.868. The molecule has 0 N–H and O–H groups in total. The van der Waals surface area contributed by atoms with Crippen molar-refractivity contribution in [3.63, 3.8) is 0 Å². The lowest BCUT2D eigenvalue weighted by molar-refractivity contribution is -0.660. The van der Waals surface area contributed by atoms with Crippen LogP contribution in [-0.4, -0.2) is 4.98 Å². The molecule has 0 radical (unpaired) electrons. The van der Waals surface area contributed by atoms with Crippen LogP contribution in [0.5, 0.6) is 0 Å². The third-order valence-corrected chi connectivity index (χ3v) is 5.20. The standard InChI is InChI=1S/C23H19N2O/c1-14-10-11-25(3)20(12-14)17-8-9-19-21-23(26-22(19)15(17)2)18-7-5-4-6-16(18)13-24-21/h4-13H,1-3H3/q+1. The van der Waals surface area contributed by atoms with Gasteiger partial charge in [-0.15, -0.1) is 0 Å². The Hall–Kier alpha value is -3.20. The van der Waals surface area contributed by atoms with Crippen molar-refractivity contribution in [2.45, 2.75) is 13.8 Å². The largest absolute Gasteiger partial charge is 0.453 e. The fraction of sp³-hybridized carbons (Fsp3) is 0.130. The molecule has 3 nitrogen and oxygen atoms in total. The predicted molar refractivity (Wildman–Crippen MR) is 105 cm³/mol. The molecule has 3 heteroatoms. The molecule has 126 valence electrons. The van der Waals surface area contributed by atoms with Crippen molar-refractivity contribution in [3.05, 3.63) is 72.1 Å². The molecule has 0 fully saturated rings. The van der Waals surface area contributed by atoms with Crippen LogP contribution in [0.2, 0.25) is 0 Å². The summed E-state index contributed by atoms with van der Waals surface area (Å²) in [5.41, 5.74) is 7.48. The Morgan fingerprint density at radius 2 is 1.77 bits per heavy atom. The molecule has 0 saturated carbocycles. The predicted octanol–water partition coefficient (Wildman–Crippen LogP) is 5.24. The highest BCUT2D eigenvalue weighted by molar-refractivity contribution is 6.13. The topological polar surface area (TPSA) is 29.9 Å². The summed E-state index contributed by atoms with van der Waals surface area (Å²) in [6.07, 6.45) is 4.03. The number of fused-ring (bicyclic) bond motifs is 5. The molecule has 0 aliphatic carbocycles. The van der Waals surface area contributed by atoms with Crippen LogP contribution in [0, 0.1) is 13.8 Å². The van der Waals surface area contributed by atoms with E-state index in [1.165, 1.54) is 16.8 Å². The molecule has 0 amide bonds. The van der Waals surface area contributed by atoms with Gasteiger partial charge in [0.2, 0.25) is 5.69 Å². The van der Waals surface area contributed by atoms with Gasteiger partial charge < -0.3 is 4.42 Å². The summed E-state index contributed by atoms with van der Waals surface area (Å²) in [5, 5.41) is 3.28. The second-order valence-electron chi connectivity index (χ2n) is 6.94. The number of aryl methyl sites for hydroxylation is 3. The van der Waals surface area contributed by atoms with E-state index < -0.39 is 0 Å². The van der Waals surface area contributed by atoms with Crippen molar-refractivity contribution in [3.8, 4) is 11.3 Å². The zero-order chi connectivity index (χ0) is 17.8. The number of benzene rings is 2. The van der Waals surface area contributed by atoms with Crippen molar-refractivity contribution in [1.29, 1.82) is 0 Å². The molecule has 0 aliphatic heterocycles. The van der Waals surface area contributed by atoms with Crippen molar-refractivity contribution >= 4 is 32.8 Å². The lowest BCUT2D eigenvalue weighted by Crippen LogP contribution is -2.30. The van der Waals surface area contributed by atoms with E-state index in [2.05, 4.69) is 73.0 Å². The second-order valence-corrected chi connectivity index (χ2v) is 6.94. The summed E-state index contributed by atoms with van der Waals surface area (Å²) >= 11 is 0. The van der Waals surface area contributed by atoms with Crippen LogP contribution in [0.3, 0.4) is 0 Å². The molecule has 2 aromatic carbocycles. The van der Waals surface area contributed by atoms with Crippen LogP contribution in [0.1, 0.15) is 11.1 Å². The molecule has 3 aromatic heterocycles. The maximum absolute atomic E-state index is 6.36. The van der Waals surface area contributed by atoms with Crippen LogP contribution in [0.15, 0.2) is 65.3 Å². The lowest BCUT2D eigenvalue weighted by atomic mass is 10.0. The quantitative estimate of drug-likeness (QED) is 0.391. The van der Waals surface area contributed by atoms with Crippen LogP contribution < -0.4 is 4.57 Å². The Bertz CT molecular complexity index is 1310. The Labute approximate surface area is 151 Å². The van der Waals surface area contributed by atoms with Gasteiger partial charge in [0.1, 0.15) is 18.1 Å². The number of rotatable bonds is 1. The van der Waals surface area contributed by atoms with Crippen molar-refractivity contribution < 1.29 is 8.98 Å². The average molecular weight is 339 g/mol. The van der Waals surface area contributed by atoms with Gasteiger partial charge in [-0.05, 0) is 31.5 Å². The Kier molecular flexibility index (Phi) is 3.13. The van der Waals surface area contributed by atoms with E-state index in [1.54, 1.807) is 0 Å². The number of aromatic nitrogens is 2. The van der Waals surface area contributed by atoms with Gasteiger partial charge in [-0.2, -0.15) is 0 Å². The first-order valence-electron chi connectivity index (χ1n) is 8.80. The maximum atomic E-state index is 6.36. The Morgan fingerprint density at radius 1 is 0.923 bits per heavy atom. The molecule has 0 aliphatic rings. The average Bonchev–Trinajstić information content (AvgIpc) is 3.04. The van der Waals surface area contributed by atoms with Gasteiger partial charge in [-0.25, -0.2) is 4.57 Å². The van der Waals surface area contributed by atoms with Crippen LogP contribution in [-0.2, 0) is 7.05 Å². The summed E-state index contributed by atoms with van der Waals surface area (Å²) in [6, 6.07) is 16.9. The molecular formula is C23H19N2O+. The Balaban J connectivity index is 1.87. The smallest absolute Gasteiger partial charge is 0.212 e. The third-order valence-electron chi connectivity index (χ3n) is 5.20. The molecule has 0 bridgehead atoms. The molecule has 5 aromatic rings. The van der Waals surface area contributed by atoms with Gasteiger partial charge in [0.05, 0.1) is 5.56 Å². The molecular weight excluding hydrogens is 320 g/mol. The molecule has 5 rings (SSSR count). The molecule has 0 unspecified atom stereocenters. The second kappa shape index (κ2) is 5.40. The molecule has 0 saturated heterocycles. The van der Waals surface area contributed by atoms with E-state index >= 15 is 0 Å². The fourth-order valence-electron chi connectivity index (χ4n) is 3.76. The van der Waals surface area contributed by atoms with Gasteiger partial charge in [0, 0.05) is 40.1 Å². The van der Waals surface area contributed by atoms with E-state index in [1.807, 2.05) is 18.3 Å². The van der Waals surface area contributed by atoms with E-state index in [0.717, 1.165) is 38.4 Å². The monoisotopic (exact) mass is 339 g/mol. The van der Waals surface area contributed by atoms with Gasteiger partial charge in [0.15, 0.2) is 11.8 Å². The van der Waals surface area contributed by atoms with Gasteiger partial charge >= 0.3 is 0 Å². The van der Waals surface area contributed by atoms with Gasteiger partial charge in [-0.1, -0.05) is 24.3 Å². The zero-order valence-corrected chi connectivity index (χ0v) is 15.1. The van der Waals surface area contributed by atoms with E-state index in [0.29, 0.717) is 0 Å². The highest BCUT2D eigenvalue weighted by atomic mass is 16.3. The normalized spacial score (nSPS) is 11.7. The summed E-state index contributed by atoms with van der Waals surface area (Å²) in [4.78, 5) is 4.67. The number of hydrogen-bond donors (Lipinski definition) is 0. The summed E-state index contributed by atoms with van der Waals surface area (Å²) < 4.78 is 8.51. The SMILES string of the molecule is Cc1cc[n+](C)c(-c2ccc3c(oc4c5ccccc5cnc34)c2C)c1. The highest BCUT2D eigenvalue weighted by Crippen LogP contribution is 2.36.